The lowest BCUT2D eigenvalue weighted by molar-refractivity contribution is 0.0448. The SMILES string of the molecule is COc1ccc([C@H](NC(=O)N(CC2CC2)C[C@@H]2CCCN3CCCC[C@H]23)C(C)C)cc1. The van der Waals surface area contributed by atoms with Crippen molar-refractivity contribution in [2.75, 3.05) is 33.3 Å². The molecule has 1 saturated carbocycles. The summed E-state index contributed by atoms with van der Waals surface area (Å²) in [6, 6.07) is 8.94. The molecule has 0 spiro atoms. The van der Waals surface area contributed by atoms with Gasteiger partial charge in [-0.3, -0.25) is 0 Å². The predicted octanol–water partition coefficient (Wildman–Crippen LogP) is 5.08. The number of hydrogen-bond acceptors (Lipinski definition) is 3. The molecule has 2 aliphatic heterocycles. The van der Waals surface area contributed by atoms with E-state index in [2.05, 4.69) is 41.1 Å². The van der Waals surface area contributed by atoms with E-state index < -0.39 is 0 Å². The van der Waals surface area contributed by atoms with Crippen molar-refractivity contribution in [2.45, 2.75) is 70.9 Å². The Morgan fingerprint density at radius 2 is 1.81 bits per heavy atom. The molecule has 0 bridgehead atoms. The van der Waals surface area contributed by atoms with Crippen LogP contribution in [-0.2, 0) is 0 Å². The Morgan fingerprint density at radius 3 is 2.48 bits per heavy atom. The van der Waals surface area contributed by atoms with Crippen LogP contribution in [0.4, 0.5) is 4.79 Å². The van der Waals surface area contributed by atoms with Gasteiger partial charge in [0.05, 0.1) is 13.2 Å². The Morgan fingerprint density at radius 1 is 1.06 bits per heavy atom. The normalized spacial score (nSPS) is 25.0. The van der Waals surface area contributed by atoms with Crippen LogP contribution in [0.2, 0.25) is 0 Å². The summed E-state index contributed by atoms with van der Waals surface area (Å²) in [6.45, 7) is 8.70. The van der Waals surface area contributed by atoms with Crippen LogP contribution in [0.5, 0.6) is 5.75 Å². The van der Waals surface area contributed by atoms with Crippen molar-refractivity contribution in [3.8, 4) is 5.75 Å². The molecule has 0 radical (unpaired) electrons. The van der Waals surface area contributed by atoms with E-state index in [1.807, 2.05) is 12.1 Å². The van der Waals surface area contributed by atoms with Gasteiger partial charge in [0.15, 0.2) is 0 Å². The van der Waals surface area contributed by atoms with Gasteiger partial charge < -0.3 is 19.9 Å². The molecule has 5 nitrogen and oxygen atoms in total. The summed E-state index contributed by atoms with van der Waals surface area (Å²) in [5.74, 6) is 2.50. The molecule has 172 valence electrons. The van der Waals surface area contributed by atoms with Crippen LogP contribution >= 0.6 is 0 Å². The molecule has 3 atom stereocenters. The number of methoxy groups -OCH3 is 1. The van der Waals surface area contributed by atoms with Gasteiger partial charge in [-0.2, -0.15) is 0 Å². The van der Waals surface area contributed by atoms with Gasteiger partial charge in [-0.05, 0) is 87.1 Å². The molecule has 31 heavy (non-hydrogen) atoms. The summed E-state index contributed by atoms with van der Waals surface area (Å²) >= 11 is 0. The fraction of sp³-hybridized carbons (Fsp3) is 0.731. The van der Waals surface area contributed by atoms with E-state index in [1.165, 1.54) is 58.0 Å². The van der Waals surface area contributed by atoms with Crippen LogP contribution in [-0.4, -0.2) is 55.2 Å². The third-order valence-corrected chi connectivity index (χ3v) is 7.57. The standard InChI is InChI=1S/C26H41N3O2/c1-19(2)25(21-11-13-23(31-3)14-12-21)27-26(30)29(17-20-9-10-20)18-22-7-6-16-28-15-5-4-8-24(22)28/h11-14,19-20,22,24-25H,4-10,15-18H2,1-3H3,(H,27,30)/t22-,24+,25+/m0/s1. The number of nitrogens with zero attached hydrogens (tertiary/aromatic N) is 2. The number of hydrogen-bond donors (Lipinski definition) is 1. The zero-order valence-corrected chi connectivity index (χ0v) is 19.7. The maximum atomic E-state index is 13.5. The monoisotopic (exact) mass is 427 g/mol. The quantitative estimate of drug-likeness (QED) is 0.629. The number of fused-ring (bicyclic) bond motifs is 1. The zero-order chi connectivity index (χ0) is 21.8. The smallest absolute Gasteiger partial charge is 0.317 e. The lowest BCUT2D eigenvalue weighted by Gasteiger charge is -2.45. The first-order valence-corrected chi connectivity index (χ1v) is 12.5. The van der Waals surface area contributed by atoms with E-state index in [0.717, 1.165) is 24.4 Å². The molecule has 2 amide bonds. The number of carbonyl (C=O) groups is 1. The number of amides is 2. The summed E-state index contributed by atoms with van der Waals surface area (Å²) in [6.07, 6.45) is 9.09. The third kappa shape index (κ3) is 5.74. The van der Waals surface area contributed by atoms with Crippen LogP contribution in [0.15, 0.2) is 24.3 Å². The van der Waals surface area contributed by atoms with Gasteiger partial charge in [0, 0.05) is 19.1 Å². The van der Waals surface area contributed by atoms with E-state index in [9.17, 15) is 4.79 Å². The average molecular weight is 428 g/mol. The summed E-state index contributed by atoms with van der Waals surface area (Å²) < 4.78 is 5.31. The minimum absolute atomic E-state index is 0.0117. The molecule has 2 saturated heterocycles. The summed E-state index contributed by atoms with van der Waals surface area (Å²) in [4.78, 5) is 18.4. The van der Waals surface area contributed by atoms with Crippen molar-refractivity contribution in [1.29, 1.82) is 0 Å². The molecular weight excluding hydrogens is 386 g/mol. The highest BCUT2D eigenvalue weighted by molar-refractivity contribution is 5.75. The van der Waals surface area contributed by atoms with Crippen LogP contribution in [0.3, 0.4) is 0 Å². The van der Waals surface area contributed by atoms with E-state index in [-0.39, 0.29) is 12.1 Å². The second-order valence-corrected chi connectivity index (χ2v) is 10.3. The molecule has 0 unspecified atom stereocenters. The van der Waals surface area contributed by atoms with Gasteiger partial charge in [0.25, 0.3) is 0 Å². The van der Waals surface area contributed by atoms with Crippen molar-refractivity contribution in [1.82, 2.24) is 15.1 Å². The van der Waals surface area contributed by atoms with Gasteiger partial charge >= 0.3 is 6.03 Å². The van der Waals surface area contributed by atoms with E-state index in [0.29, 0.717) is 23.8 Å². The zero-order valence-electron chi connectivity index (χ0n) is 19.7. The predicted molar refractivity (Wildman–Crippen MR) is 125 cm³/mol. The number of piperidine rings is 2. The van der Waals surface area contributed by atoms with Gasteiger partial charge in [-0.15, -0.1) is 0 Å². The first kappa shape index (κ1) is 22.4. The molecule has 4 rings (SSSR count). The molecule has 0 aromatic heterocycles. The lowest BCUT2D eigenvalue weighted by atomic mass is 9.83. The summed E-state index contributed by atoms with van der Waals surface area (Å²) in [7, 11) is 1.69. The topological polar surface area (TPSA) is 44.8 Å². The van der Waals surface area contributed by atoms with Gasteiger partial charge in [-0.25, -0.2) is 4.79 Å². The molecule has 1 aromatic rings. The second kappa shape index (κ2) is 10.2. The maximum absolute atomic E-state index is 13.5. The van der Waals surface area contributed by atoms with Crippen molar-refractivity contribution in [3.63, 3.8) is 0 Å². The van der Waals surface area contributed by atoms with Crippen LogP contribution in [0.1, 0.15) is 70.4 Å². The van der Waals surface area contributed by atoms with Crippen LogP contribution in [0.25, 0.3) is 0 Å². The molecule has 3 fully saturated rings. The first-order valence-electron chi connectivity index (χ1n) is 12.5. The summed E-state index contributed by atoms with van der Waals surface area (Å²) in [5, 5.41) is 3.40. The van der Waals surface area contributed by atoms with Gasteiger partial charge in [0.1, 0.15) is 5.75 Å². The number of benzene rings is 1. The maximum Gasteiger partial charge on any atom is 0.317 e. The van der Waals surface area contributed by atoms with Crippen molar-refractivity contribution in [2.24, 2.45) is 17.8 Å². The second-order valence-electron chi connectivity index (χ2n) is 10.3. The fourth-order valence-electron chi connectivity index (χ4n) is 5.60. The molecule has 1 aliphatic carbocycles. The highest BCUT2D eigenvalue weighted by Gasteiger charge is 2.36. The van der Waals surface area contributed by atoms with E-state index >= 15 is 0 Å². The number of urea groups is 1. The minimum Gasteiger partial charge on any atom is -0.497 e. The average Bonchev–Trinajstić information content (AvgIpc) is 3.61. The number of nitrogens with one attached hydrogen (secondary N) is 1. The first-order chi connectivity index (χ1) is 15.0. The molecule has 1 aromatic carbocycles. The molecule has 2 heterocycles. The Hall–Kier alpha value is -1.75. The van der Waals surface area contributed by atoms with E-state index in [1.54, 1.807) is 7.11 Å². The Bertz CT molecular complexity index is 714. The Labute approximate surface area is 188 Å². The van der Waals surface area contributed by atoms with Crippen molar-refractivity contribution in [3.05, 3.63) is 29.8 Å². The third-order valence-electron chi connectivity index (χ3n) is 7.57. The van der Waals surface area contributed by atoms with E-state index in [4.69, 9.17) is 4.74 Å². The molecule has 5 heteroatoms. The molecule has 3 aliphatic rings. The fourth-order valence-corrected chi connectivity index (χ4v) is 5.60. The van der Waals surface area contributed by atoms with Crippen LogP contribution in [0, 0.1) is 17.8 Å². The lowest BCUT2D eigenvalue weighted by Crippen LogP contribution is -2.53. The Balaban J connectivity index is 1.45. The minimum atomic E-state index is 0.0117. The number of ether oxygens (including phenoxy) is 1. The summed E-state index contributed by atoms with van der Waals surface area (Å²) in [5.41, 5.74) is 1.15. The Kier molecular flexibility index (Phi) is 7.42. The van der Waals surface area contributed by atoms with Crippen molar-refractivity contribution >= 4 is 6.03 Å². The highest BCUT2D eigenvalue weighted by Crippen LogP contribution is 2.34. The van der Waals surface area contributed by atoms with Gasteiger partial charge in [-0.1, -0.05) is 32.4 Å². The number of carbonyl (C=O) groups excluding carboxylic acids is 1. The van der Waals surface area contributed by atoms with Crippen molar-refractivity contribution < 1.29 is 9.53 Å². The largest absolute Gasteiger partial charge is 0.497 e. The molecular formula is C26H41N3O2. The molecule has 1 N–H and O–H groups in total. The number of rotatable bonds is 8. The van der Waals surface area contributed by atoms with Crippen LogP contribution < -0.4 is 10.1 Å². The highest BCUT2D eigenvalue weighted by atomic mass is 16.5. The van der Waals surface area contributed by atoms with Gasteiger partial charge in [0.2, 0.25) is 0 Å².